The lowest BCUT2D eigenvalue weighted by atomic mass is 10.0. The number of benzene rings is 1. The first-order valence-electron chi connectivity index (χ1n) is 7.68. The van der Waals surface area contributed by atoms with Crippen LogP contribution in [0, 0.1) is 5.92 Å². The zero-order valence-corrected chi connectivity index (χ0v) is 13.2. The second kappa shape index (κ2) is 8.62. The highest BCUT2D eigenvalue weighted by Crippen LogP contribution is 2.15. The Morgan fingerprint density at radius 3 is 2.50 bits per heavy atom. The van der Waals surface area contributed by atoms with E-state index in [1.807, 2.05) is 24.3 Å². The van der Waals surface area contributed by atoms with Crippen LogP contribution < -0.4 is 10.6 Å². The van der Waals surface area contributed by atoms with Crippen LogP contribution in [0.4, 0.5) is 5.69 Å². The lowest BCUT2D eigenvalue weighted by Gasteiger charge is -2.17. The molecule has 112 valence electrons. The van der Waals surface area contributed by atoms with Crippen molar-refractivity contribution in [2.45, 2.75) is 53.0 Å². The molecule has 0 spiro atoms. The third-order valence-electron chi connectivity index (χ3n) is 3.29. The molecule has 1 rings (SSSR count). The van der Waals surface area contributed by atoms with E-state index < -0.39 is 0 Å². The molecule has 0 aliphatic carbocycles. The van der Waals surface area contributed by atoms with E-state index in [9.17, 15) is 4.79 Å². The Kier molecular flexibility index (Phi) is 7.13. The number of hydrogen-bond donors (Lipinski definition) is 2. The fraction of sp³-hybridized carbons (Fsp3) is 0.588. The van der Waals surface area contributed by atoms with Crippen molar-refractivity contribution in [3.05, 3.63) is 29.8 Å². The molecule has 1 atom stereocenters. The van der Waals surface area contributed by atoms with Crippen LogP contribution in [-0.2, 0) is 0 Å². The monoisotopic (exact) mass is 276 g/mol. The van der Waals surface area contributed by atoms with Gasteiger partial charge < -0.3 is 10.6 Å². The summed E-state index contributed by atoms with van der Waals surface area (Å²) in [5.41, 5.74) is 1.65. The fourth-order valence-electron chi connectivity index (χ4n) is 2.05. The normalized spacial score (nSPS) is 12.2. The molecule has 3 heteroatoms. The summed E-state index contributed by atoms with van der Waals surface area (Å²) in [6.45, 7) is 9.48. The van der Waals surface area contributed by atoms with Gasteiger partial charge >= 0.3 is 0 Å². The molecule has 0 bridgehead atoms. The number of anilines is 1. The van der Waals surface area contributed by atoms with Gasteiger partial charge in [-0.3, -0.25) is 4.79 Å². The highest BCUT2D eigenvalue weighted by Gasteiger charge is 2.13. The number of amides is 1. The molecule has 2 N–H and O–H groups in total. The minimum absolute atomic E-state index is 0.0143. The Balaban J connectivity index is 2.62. The van der Waals surface area contributed by atoms with Crippen molar-refractivity contribution >= 4 is 11.6 Å². The van der Waals surface area contributed by atoms with E-state index in [4.69, 9.17) is 0 Å². The number of para-hydroxylation sites is 1. The van der Waals surface area contributed by atoms with Gasteiger partial charge in [0.25, 0.3) is 5.91 Å². The molecule has 1 aromatic rings. The molecule has 0 aliphatic rings. The standard InChI is InChI=1S/C17H28N2O/c1-5-12-18-16-9-7-6-8-15(16)17(20)19-14(4)11-10-13(2)3/h6-9,13-14,18H,5,10-12H2,1-4H3,(H,19,20). The summed E-state index contributed by atoms with van der Waals surface area (Å²) in [5.74, 6) is 0.688. The van der Waals surface area contributed by atoms with Gasteiger partial charge in [-0.1, -0.05) is 32.9 Å². The van der Waals surface area contributed by atoms with Crippen LogP contribution in [0.3, 0.4) is 0 Å². The van der Waals surface area contributed by atoms with Crippen LogP contribution in [0.25, 0.3) is 0 Å². The zero-order valence-electron chi connectivity index (χ0n) is 13.2. The van der Waals surface area contributed by atoms with Crippen molar-refractivity contribution in [3.8, 4) is 0 Å². The average molecular weight is 276 g/mol. The number of nitrogens with one attached hydrogen (secondary N) is 2. The maximum atomic E-state index is 12.3. The van der Waals surface area contributed by atoms with E-state index in [-0.39, 0.29) is 11.9 Å². The quantitative estimate of drug-likeness (QED) is 0.751. The first-order valence-corrected chi connectivity index (χ1v) is 7.68. The number of rotatable bonds is 8. The lowest BCUT2D eigenvalue weighted by molar-refractivity contribution is 0.0938. The molecule has 1 aromatic carbocycles. The molecule has 1 unspecified atom stereocenters. The molecule has 3 nitrogen and oxygen atoms in total. The molecule has 0 aromatic heterocycles. The van der Waals surface area contributed by atoms with Crippen molar-refractivity contribution in [1.82, 2.24) is 5.32 Å². The first-order chi connectivity index (χ1) is 9.54. The molecule has 0 saturated carbocycles. The largest absolute Gasteiger partial charge is 0.384 e. The summed E-state index contributed by atoms with van der Waals surface area (Å²) in [6, 6.07) is 7.91. The van der Waals surface area contributed by atoms with Gasteiger partial charge in [0.2, 0.25) is 0 Å². The summed E-state index contributed by atoms with van der Waals surface area (Å²) in [6.07, 6.45) is 3.20. The Morgan fingerprint density at radius 1 is 1.15 bits per heavy atom. The molecule has 0 saturated heterocycles. The van der Waals surface area contributed by atoms with E-state index in [1.54, 1.807) is 0 Å². The molecular formula is C17H28N2O. The van der Waals surface area contributed by atoms with Gasteiger partial charge in [0.05, 0.1) is 5.56 Å². The van der Waals surface area contributed by atoms with Crippen molar-refractivity contribution in [2.24, 2.45) is 5.92 Å². The highest BCUT2D eigenvalue weighted by molar-refractivity contribution is 5.99. The molecule has 0 aliphatic heterocycles. The van der Waals surface area contributed by atoms with Gasteiger partial charge in [-0.15, -0.1) is 0 Å². The molecular weight excluding hydrogens is 248 g/mol. The van der Waals surface area contributed by atoms with E-state index in [0.29, 0.717) is 5.92 Å². The number of carbonyl (C=O) groups excluding carboxylic acids is 1. The summed E-state index contributed by atoms with van der Waals surface area (Å²) in [7, 11) is 0. The molecule has 0 heterocycles. The average Bonchev–Trinajstić information content (AvgIpc) is 2.43. The Bertz CT molecular complexity index is 415. The SMILES string of the molecule is CCCNc1ccccc1C(=O)NC(C)CCC(C)C. The van der Waals surface area contributed by atoms with Gasteiger partial charge in [0, 0.05) is 18.3 Å². The predicted molar refractivity (Wildman–Crippen MR) is 86.2 cm³/mol. The van der Waals surface area contributed by atoms with Gasteiger partial charge in [0.1, 0.15) is 0 Å². The zero-order chi connectivity index (χ0) is 15.0. The van der Waals surface area contributed by atoms with Gasteiger partial charge in [-0.05, 0) is 44.2 Å². The van der Waals surface area contributed by atoms with Crippen LogP contribution in [0.2, 0.25) is 0 Å². The van der Waals surface area contributed by atoms with Crippen molar-refractivity contribution in [2.75, 3.05) is 11.9 Å². The van der Waals surface area contributed by atoms with E-state index in [1.165, 1.54) is 0 Å². The molecule has 20 heavy (non-hydrogen) atoms. The third-order valence-corrected chi connectivity index (χ3v) is 3.29. The topological polar surface area (TPSA) is 41.1 Å². The van der Waals surface area contributed by atoms with Gasteiger partial charge in [-0.25, -0.2) is 0 Å². The predicted octanol–water partition coefficient (Wildman–Crippen LogP) is 4.06. The van der Waals surface area contributed by atoms with Crippen molar-refractivity contribution in [3.63, 3.8) is 0 Å². The van der Waals surface area contributed by atoms with E-state index >= 15 is 0 Å². The van der Waals surface area contributed by atoms with E-state index in [0.717, 1.165) is 37.1 Å². The molecule has 0 fully saturated rings. The Hall–Kier alpha value is -1.51. The summed E-state index contributed by atoms with van der Waals surface area (Å²) < 4.78 is 0. The van der Waals surface area contributed by atoms with Crippen molar-refractivity contribution < 1.29 is 4.79 Å². The van der Waals surface area contributed by atoms with Crippen LogP contribution >= 0.6 is 0 Å². The first kappa shape index (κ1) is 16.5. The number of carbonyl (C=O) groups is 1. The van der Waals surface area contributed by atoms with E-state index in [2.05, 4.69) is 38.3 Å². The van der Waals surface area contributed by atoms with Crippen molar-refractivity contribution in [1.29, 1.82) is 0 Å². The minimum atomic E-state index is 0.0143. The smallest absolute Gasteiger partial charge is 0.253 e. The van der Waals surface area contributed by atoms with Crippen LogP contribution in [0.15, 0.2) is 24.3 Å². The fourth-order valence-corrected chi connectivity index (χ4v) is 2.05. The minimum Gasteiger partial charge on any atom is -0.384 e. The Labute approximate surface area is 123 Å². The summed E-state index contributed by atoms with van der Waals surface area (Å²) >= 11 is 0. The maximum absolute atomic E-state index is 12.3. The second-order valence-corrected chi connectivity index (χ2v) is 5.82. The van der Waals surface area contributed by atoms with Gasteiger partial charge in [-0.2, -0.15) is 0 Å². The highest BCUT2D eigenvalue weighted by atomic mass is 16.1. The second-order valence-electron chi connectivity index (χ2n) is 5.82. The third kappa shape index (κ3) is 5.64. The van der Waals surface area contributed by atoms with Gasteiger partial charge in [0.15, 0.2) is 0 Å². The molecule has 0 radical (unpaired) electrons. The maximum Gasteiger partial charge on any atom is 0.253 e. The van der Waals surface area contributed by atoms with Crippen LogP contribution in [-0.4, -0.2) is 18.5 Å². The number of hydrogen-bond acceptors (Lipinski definition) is 2. The molecule has 1 amide bonds. The Morgan fingerprint density at radius 2 is 1.85 bits per heavy atom. The summed E-state index contributed by atoms with van der Waals surface area (Å²) in [4.78, 5) is 12.3. The lowest BCUT2D eigenvalue weighted by Crippen LogP contribution is -2.33. The van der Waals surface area contributed by atoms with Crippen LogP contribution in [0.5, 0.6) is 0 Å². The summed E-state index contributed by atoms with van der Waals surface area (Å²) in [5, 5.41) is 6.40. The van der Waals surface area contributed by atoms with Crippen LogP contribution in [0.1, 0.15) is 57.3 Å².